The van der Waals surface area contributed by atoms with Crippen LogP contribution in [-0.2, 0) is 16.1 Å². The Morgan fingerprint density at radius 3 is 3.00 bits per heavy atom. The predicted octanol–water partition coefficient (Wildman–Crippen LogP) is 1.28. The van der Waals surface area contributed by atoms with Crippen molar-refractivity contribution in [1.29, 1.82) is 0 Å². The summed E-state index contributed by atoms with van der Waals surface area (Å²) in [6, 6.07) is 3.41. The Kier molecular flexibility index (Phi) is 6.45. The van der Waals surface area contributed by atoms with E-state index in [2.05, 4.69) is 17.6 Å². The fraction of sp³-hybridized carbons (Fsp3) is 0.625. The second-order valence-corrected chi connectivity index (χ2v) is 5.63. The zero-order valence-electron chi connectivity index (χ0n) is 13.1. The summed E-state index contributed by atoms with van der Waals surface area (Å²) in [6.07, 6.45) is 5.37. The van der Waals surface area contributed by atoms with Crippen molar-refractivity contribution in [3.05, 3.63) is 24.2 Å². The molecule has 1 aromatic rings. The third-order valence-corrected chi connectivity index (χ3v) is 3.88. The lowest BCUT2D eigenvalue weighted by atomic mass is 10.2. The van der Waals surface area contributed by atoms with Crippen molar-refractivity contribution < 1.29 is 14.0 Å². The number of nitrogens with one attached hydrogen (secondary N) is 2. The first-order valence-electron chi connectivity index (χ1n) is 8.01. The molecule has 6 nitrogen and oxygen atoms in total. The van der Waals surface area contributed by atoms with Gasteiger partial charge >= 0.3 is 0 Å². The summed E-state index contributed by atoms with van der Waals surface area (Å²) in [7, 11) is 0. The fourth-order valence-electron chi connectivity index (χ4n) is 2.66. The van der Waals surface area contributed by atoms with E-state index in [1.165, 1.54) is 0 Å². The molecule has 1 aliphatic rings. The molecule has 1 unspecified atom stereocenters. The molecule has 1 aliphatic heterocycles. The molecule has 1 saturated heterocycles. The average Bonchev–Trinajstić information content (AvgIpc) is 3.16. The summed E-state index contributed by atoms with van der Waals surface area (Å²) < 4.78 is 5.20. The van der Waals surface area contributed by atoms with E-state index in [-0.39, 0.29) is 17.9 Å². The van der Waals surface area contributed by atoms with Crippen LogP contribution >= 0.6 is 0 Å². The molecule has 1 atom stereocenters. The third kappa shape index (κ3) is 4.87. The van der Waals surface area contributed by atoms with Crippen LogP contribution in [0.5, 0.6) is 0 Å². The van der Waals surface area contributed by atoms with E-state index in [1.54, 1.807) is 12.3 Å². The van der Waals surface area contributed by atoms with E-state index < -0.39 is 0 Å². The monoisotopic (exact) mass is 307 g/mol. The van der Waals surface area contributed by atoms with E-state index in [9.17, 15) is 9.59 Å². The molecule has 0 spiro atoms. The molecule has 0 bridgehead atoms. The maximum Gasteiger partial charge on any atom is 0.237 e. The van der Waals surface area contributed by atoms with Crippen molar-refractivity contribution >= 4 is 11.8 Å². The lowest BCUT2D eigenvalue weighted by Gasteiger charge is -2.22. The van der Waals surface area contributed by atoms with Crippen molar-refractivity contribution in [2.75, 3.05) is 19.6 Å². The Hall–Kier alpha value is -1.82. The Labute approximate surface area is 131 Å². The lowest BCUT2D eigenvalue weighted by Crippen LogP contribution is -2.47. The van der Waals surface area contributed by atoms with E-state index in [0.717, 1.165) is 38.0 Å². The highest BCUT2D eigenvalue weighted by atomic mass is 16.3. The Morgan fingerprint density at radius 2 is 2.27 bits per heavy atom. The van der Waals surface area contributed by atoms with Gasteiger partial charge in [-0.05, 0) is 37.9 Å². The standard InChI is InChI=1S/C16H25N3O3/c1-2-3-8-17-15(20)12-19-9-4-7-14(19)16(21)18-11-13-6-5-10-22-13/h5-6,10,14H,2-4,7-9,11-12H2,1H3,(H,17,20)(H,18,21). The average molecular weight is 307 g/mol. The summed E-state index contributed by atoms with van der Waals surface area (Å²) in [5, 5.41) is 5.77. The zero-order valence-corrected chi connectivity index (χ0v) is 13.1. The molecule has 2 rings (SSSR count). The van der Waals surface area contributed by atoms with Gasteiger partial charge in [-0.1, -0.05) is 13.3 Å². The van der Waals surface area contributed by atoms with Crippen LogP contribution in [0.25, 0.3) is 0 Å². The number of furan rings is 1. The van der Waals surface area contributed by atoms with Crippen LogP contribution in [0.3, 0.4) is 0 Å². The van der Waals surface area contributed by atoms with Gasteiger partial charge < -0.3 is 15.1 Å². The second kappa shape index (κ2) is 8.58. The number of carbonyl (C=O) groups excluding carboxylic acids is 2. The van der Waals surface area contributed by atoms with Gasteiger partial charge in [-0.15, -0.1) is 0 Å². The van der Waals surface area contributed by atoms with Crippen LogP contribution in [-0.4, -0.2) is 42.4 Å². The molecular weight excluding hydrogens is 282 g/mol. The minimum atomic E-state index is -0.216. The SMILES string of the molecule is CCCCNC(=O)CN1CCCC1C(=O)NCc1ccco1. The van der Waals surface area contributed by atoms with E-state index >= 15 is 0 Å². The molecule has 22 heavy (non-hydrogen) atoms. The summed E-state index contributed by atoms with van der Waals surface area (Å²) in [5.74, 6) is 0.699. The van der Waals surface area contributed by atoms with Gasteiger partial charge in [0.2, 0.25) is 11.8 Å². The minimum Gasteiger partial charge on any atom is -0.467 e. The number of amides is 2. The van der Waals surface area contributed by atoms with Crippen LogP contribution in [0.4, 0.5) is 0 Å². The smallest absolute Gasteiger partial charge is 0.237 e. The van der Waals surface area contributed by atoms with Crippen molar-refractivity contribution in [2.45, 2.75) is 45.2 Å². The molecule has 0 aliphatic carbocycles. The summed E-state index contributed by atoms with van der Waals surface area (Å²) in [6.45, 7) is 4.27. The summed E-state index contributed by atoms with van der Waals surface area (Å²) in [4.78, 5) is 26.1. The topological polar surface area (TPSA) is 74.6 Å². The highest BCUT2D eigenvalue weighted by Gasteiger charge is 2.31. The van der Waals surface area contributed by atoms with Crippen LogP contribution in [0.1, 0.15) is 38.4 Å². The quantitative estimate of drug-likeness (QED) is 0.709. The summed E-state index contributed by atoms with van der Waals surface area (Å²) >= 11 is 0. The second-order valence-electron chi connectivity index (χ2n) is 5.63. The minimum absolute atomic E-state index is 0.000755. The van der Waals surface area contributed by atoms with Crippen LogP contribution in [0, 0.1) is 0 Å². The molecule has 6 heteroatoms. The van der Waals surface area contributed by atoms with Gasteiger partial charge in [0.15, 0.2) is 0 Å². The van der Waals surface area contributed by atoms with Gasteiger partial charge in [-0.2, -0.15) is 0 Å². The molecule has 0 saturated carbocycles. The number of carbonyl (C=O) groups is 2. The first kappa shape index (κ1) is 16.5. The first-order chi connectivity index (χ1) is 10.7. The molecule has 0 aromatic carbocycles. The molecular formula is C16H25N3O3. The van der Waals surface area contributed by atoms with Crippen LogP contribution < -0.4 is 10.6 Å². The lowest BCUT2D eigenvalue weighted by molar-refractivity contribution is -0.127. The van der Waals surface area contributed by atoms with E-state index in [1.807, 2.05) is 11.0 Å². The third-order valence-electron chi connectivity index (χ3n) is 3.88. The maximum absolute atomic E-state index is 12.3. The number of hydrogen-bond acceptors (Lipinski definition) is 4. The van der Waals surface area contributed by atoms with Crippen molar-refractivity contribution in [1.82, 2.24) is 15.5 Å². The van der Waals surface area contributed by atoms with Gasteiger partial charge in [-0.3, -0.25) is 14.5 Å². The number of unbranched alkanes of at least 4 members (excludes halogenated alkanes) is 1. The van der Waals surface area contributed by atoms with Crippen molar-refractivity contribution in [3.8, 4) is 0 Å². The van der Waals surface area contributed by atoms with E-state index in [0.29, 0.717) is 19.6 Å². The molecule has 1 fully saturated rings. The van der Waals surface area contributed by atoms with Crippen LogP contribution in [0.2, 0.25) is 0 Å². The Balaban J connectivity index is 1.76. The molecule has 122 valence electrons. The van der Waals surface area contributed by atoms with Gasteiger partial charge in [-0.25, -0.2) is 0 Å². The largest absolute Gasteiger partial charge is 0.467 e. The molecule has 1 aromatic heterocycles. The maximum atomic E-state index is 12.3. The first-order valence-corrected chi connectivity index (χ1v) is 8.01. The normalized spacial score (nSPS) is 18.3. The molecule has 2 N–H and O–H groups in total. The number of hydrogen-bond donors (Lipinski definition) is 2. The summed E-state index contributed by atoms with van der Waals surface area (Å²) in [5.41, 5.74) is 0. The van der Waals surface area contributed by atoms with Crippen molar-refractivity contribution in [3.63, 3.8) is 0 Å². The van der Waals surface area contributed by atoms with Gasteiger partial charge in [0, 0.05) is 6.54 Å². The molecule has 2 amide bonds. The van der Waals surface area contributed by atoms with Gasteiger partial charge in [0.25, 0.3) is 0 Å². The number of rotatable bonds is 8. The highest BCUT2D eigenvalue weighted by Crippen LogP contribution is 2.17. The van der Waals surface area contributed by atoms with Crippen LogP contribution in [0.15, 0.2) is 22.8 Å². The van der Waals surface area contributed by atoms with E-state index in [4.69, 9.17) is 4.42 Å². The predicted molar refractivity (Wildman–Crippen MR) is 83.1 cm³/mol. The zero-order chi connectivity index (χ0) is 15.8. The molecule has 0 radical (unpaired) electrons. The highest BCUT2D eigenvalue weighted by molar-refractivity contribution is 5.84. The van der Waals surface area contributed by atoms with Gasteiger partial charge in [0.1, 0.15) is 5.76 Å². The fourth-order valence-corrected chi connectivity index (χ4v) is 2.66. The van der Waals surface area contributed by atoms with Gasteiger partial charge in [0.05, 0.1) is 25.4 Å². The Bertz CT molecular complexity index is 473. The van der Waals surface area contributed by atoms with Crippen molar-refractivity contribution in [2.24, 2.45) is 0 Å². The number of nitrogens with zero attached hydrogens (tertiary/aromatic N) is 1. The number of likely N-dealkylation sites (tertiary alicyclic amines) is 1. The Morgan fingerprint density at radius 1 is 1.41 bits per heavy atom. The molecule has 2 heterocycles.